The molecule has 2 aromatic carbocycles. The van der Waals surface area contributed by atoms with Crippen molar-refractivity contribution in [1.82, 2.24) is 0 Å². The minimum absolute atomic E-state index is 0.224. The molecule has 3 nitrogen and oxygen atoms in total. The lowest BCUT2D eigenvalue weighted by atomic mass is 10.2. The fourth-order valence-electron chi connectivity index (χ4n) is 1.66. The van der Waals surface area contributed by atoms with Gasteiger partial charge in [0.1, 0.15) is 5.75 Å². The van der Waals surface area contributed by atoms with Crippen LogP contribution in [-0.4, -0.2) is 13.0 Å². The number of amides is 1. The summed E-state index contributed by atoms with van der Waals surface area (Å²) in [5, 5.41) is 3.37. The van der Waals surface area contributed by atoms with Crippen molar-refractivity contribution in [1.29, 1.82) is 0 Å². The summed E-state index contributed by atoms with van der Waals surface area (Å²) in [5.74, 6) is 0.469. The Morgan fingerprint density at radius 3 is 2.75 bits per heavy atom. The Morgan fingerprint density at radius 1 is 1.20 bits per heavy atom. The van der Waals surface area contributed by atoms with E-state index in [0.29, 0.717) is 16.5 Å². The number of carbonyl (C=O) groups excluding carboxylic acids is 1. The first-order valence-corrected chi connectivity index (χ1v) is 6.44. The van der Waals surface area contributed by atoms with Crippen LogP contribution in [0.5, 0.6) is 5.75 Å². The van der Waals surface area contributed by atoms with Gasteiger partial charge in [-0.25, -0.2) is 0 Å². The fourth-order valence-corrected chi connectivity index (χ4v) is 1.86. The van der Waals surface area contributed by atoms with Gasteiger partial charge in [0.2, 0.25) is 5.91 Å². The molecule has 0 spiro atoms. The van der Waals surface area contributed by atoms with Crippen molar-refractivity contribution in [3.05, 3.63) is 65.2 Å². The van der Waals surface area contributed by atoms with Crippen LogP contribution in [0.25, 0.3) is 6.08 Å². The molecule has 0 saturated carbocycles. The third kappa shape index (κ3) is 3.87. The molecular weight excluding hydrogens is 274 g/mol. The number of rotatable bonds is 4. The van der Waals surface area contributed by atoms with Crippen molar-refractivity contribution >= 4 is 29.3 Å². The summed E-state index contributed by atoms with van der Waals surface area (Å²) in [4.78, 5) is 11.8. The van der Waals surface area contributed by atoms with Crippen molar-refractivity contribution in [2.24, 2.45) is 0 Å². The van der Waals surface area contributed by atoms with Gasteiger partial charge >= 0.3 is 0 Å². The van der Waals surface area contributed by atoms with Gasteiger partial charge < -0.3 is 10.1 Å². The average molecular weight is 288 g/mol. The van der Waals surface area contributed by atoms with Crippen LogP contribution in [0.1, 0.15) is 5.56 Å². The summed E-state index contributed by atoms with van der Waals surface area (Å²) in [5.41, 5.74) is 1.48. The van der Waals surface area contributed by atoms with Crippen LogP contribution in [0, 0.1) is 0 Å². The Kier molecular flexibility index (Phi) is 4.80. The van der Waals surface area contributed by atoms with E-state index in [4.69, 9.17) is 16.3 Å². The lowest BCUT2D eigenvalue weighted by molar-refractivity contribution is -0.111. The number of methoxy groups -OCH3 is 1. The van der Waals surface area contributed by atoms with E-state index in [2.05, 4.69) is 5.32 Å². The molecule has 0 atom stereocenters. The molecular formula is C16H14ClNO2. The van der Waals surface area contributed by atoms with Crippen molar-refractivity contribution in [3.8, 4) is 5.75 Å². The molecule has 0 aliphatic rings. The van der Waals surface area contributed by atoms with E-state index in [0.717, 1.165) is 5.56 Å². The Bertz CT molecular complexity index is 638. The highest BCUT2D eigenvalue weighted by atomic mass is 35.5. The molecule has 20 heavy (non-hydrogen) atoms. The highest BCUT2D eigenvalue weighted by Crippen LogP contribution is 2.18. The summed E-state index contributed by atoms with van der Waals surface area (Å²) >= 11 is 6.01. The second kappa shape index (κ2) is 6.78. The molecule has 0 aromatic heterocycles. The largest absolute Gasteiger partial charge is 0.497 e. The molecule has 0 fully saturated rings. The third-order valence-corrected chi connectivity index (χ3v) is 3.00. The van der Waals surface area contributed by atoms with Gasteiger partial charge in [-0.15, -0.1) is 0 Å². The predicted octanol–water partition coefficient (Wildman–Crippen LogP) is 4.00. The summed E-state index contributed by atoms with van der Waals surface area (Å²) in [7, 11) is 1.58. The molecule has 0 aliphatic carbocycles. The summed E-state index contributed by atoms with van der Waals surface area (Å²) in [6.07, 6.45) is 3.12. The molecule has 1 amide bonds. The monoisotopic (exact) mass is 287 g/mol. The van der Waals surface area contributed by atoms with Crippen LogP contribution in [-0.2, 0) is 4.79 Å². The molecule has 0 bridgehead atoms. The second-order valence-electron chi connectivity index (χ2n) is 4.08. The van der Waals surface area contributed by atoms with E-state index >= 15 is 0 Å². The standard InChI is InChI=1S/C16H14ClNO2/c1-20-14-7-4-6-13(11-14)18-16(19)10-9-12-5-2-3-8-15(12)17/h2-11H,1H3,(H,18,19)/b10-9+. The van der Waals surface area contributed by atoms with Gasteiger partial charge in [0, 0.05) is 22.9 Å². The number of carbonyl (C=O) groups is 1. The number of nitrogens with one attached hydrogen (secondary N) is 1. The highest BCUT2D eigenvalue weighted by Gasteiger charge is 2.00. The first-order chi connectivity index (χ1) is 9.69. The van der Waals surface area contributed by atoms with Gasteiger partial charge in [0.25, 0.3) is 0 Å². The van der Waals surface area contributed by atoms with Crippen LogP contribution in [0.15, 0.2) is 54.6 Å². The smallest absolute Gasteiger partial charge is 0.248 e. The van der Waals surface area contributed by atoms with Gasteiger partial charge in [-0.3, -0.25) is 4.79 Å². The Morgan fingerprint density at radius 2 is 2.00 bits per heavy atom. The quantitative estimate of drug-likeness (QED) is 0.863. The maximum absolute atomic E-state index is 11.8. The third-order valence-electron chi connectivity index (χ3n) is 2.66. The van der Waals surface area contributed by atoms with Gasteiger partial charge in [0.15, 0.2) is 0 Å². The minimum atomic E-state index is -0.224. The van der Waals surface area contributed by atoms with Gasteiger partial charge in [-0.2, -0.15) is 0 Å². The Hall–Kier alpha value is -2.26. The molecule has 4 heteroatoms. The summed E-state index contributed by atoms with van der Waals surface area (Å²) < 4.78 is 5.09. The summed E-state index contributed by atoms with van der Waals surface area (Å²) in [6, 6.07) is 14.5. The van der Waals surface area contributed by atoms with Crippen molar-refractivity contribution in [2.45, 2.75) is 0 Å². The fraction of sp³-hybridized carbons (Fsp3) is 0.0625. The van der Waals surface area contributed by atoms with E-state index in [9.17, 15) is 4.79 Å². The molecule has 102 valence electrons. The van der Waals surface area contributed by atoms with E-state index in [1.165, 1.54) is 6.08 Å². The van der Waals surface area contributed by atoms with E-state index in [1.54, 1.807) is 31.4 Å². The second-order valence-corrected chi connectivity index (χ2v) is 4.48. The first-order valence-electron chi connectivity index (χ1n) is 6.06. The molecule has 2 aromatic rings. The van der Waals surface area contributed by atoms with Crippen LogP contribution in [0.2, 0.25) is 5.02 Å². The minimum Gasteiger partial charge on any atom is -0.497 e. The van der Waals surface area contributed by atoms with Crippen LogP contribution < -0.4 is 10.1 Å². The lowest BCUT2D eigenvalue weighted by Crippen LogP contribution is -2.07. The maximum atomic E-state index is 11.8. The number of hydrogen-bond acceptors (Lipinski definition) is 2. The van der Waals surface area contributed by atoms with E-state index in [1.807, 2.05) is 30.3 Å². The van der Waals surface area contributed by atoms with Crippen LogP contribution in [0.3, 0.4) is 0 Å². The SMILES string of the molecule is COc1cccc(NC(=O)/C=C/c2ccccc2Cl)c1. The van der Waals surface area contributed by atoms with Gasteiger partial charge in [-0.05, 0) is 29.8 Å². The van der Waals surface area contributed by atoms with E-state index in [-0.39, 0.29) is 5.91 Å². The zero-order valence-electron chi connectivity index (χ0n) is 11.0. The van der Waals surface area contributed by atoms with Crippen molar-refractivity contribution in [2.75, 3.05) is 12.4 Å². The van der Waals surface area contributed by atoms with Crippen LogP contribution >= 0.6 is 11.6 Å². The molecule has 2 rings (SSSR count). The molecule has 0 aliphatic heterocycles. The van der Waals surface area contributed by atoms with Crippen LogP contribution in [0.4, 0.5) is 5.69 Å². The molecule has 0 radical (unpaired) electrons. The van der Waals surface area contributed by atoms with Gasteiger partial charge in [-0.1, -0.05) is 35.9 Å². The number of ether oxygens (including phenoxy) is 1. The lowest BCUT2D eigenvalue weighted by Gasteiger charge is -2.04. The molecule has 1 N–H and O–H groups in total. The van der Waals surface area contributed by atoms with Gasteiger partial charge in [0.05, 0.1) is 7.11 Å². The number of anilines is 1. The molecule has 0 unspecified atom stereocenters. The molecule has 0 heterocycles. The normalized spacial score (nSPS) is 10.5. The first kappa shape index (κ1) is 14.2. The topological polar surface area (TPSA) is 38.3 Å². The number of halogens is 1. The molecule has 0 saturated heterocycles. The number of benzene rings is 2. The number of hydrogen-bond donors (Lipinski definition) is 1. The highest BCUT2D eigenvalue weighted by molar-refractivity contribution is 6.32. The Balaban J connectivity index is 2.04. The van der Waals surface area contributed by atoms with Crippen molar-refractivity contribution < 1.29 is 9.53 Å². The zero-order chi connectivity index (χ0) is 14.4. The predicted molar refractivity (Wildman–Crippen MR) is 82.1 cm³/mol. The zero-order valence-corrected chi connectivity index (χ0v) is 11.7. The summed E-state index contributed by atoms with van der Waals surface area (Å²) in [6.45, 7) is 0. The average Bonchev–Trinajstić information content (AvgIpc) is 2.46. The Labute approximate surface area is 122 Å². The van der Waals surface area contributed by atoms with E-state index < -0.39 is 0 Å². The van der Waals surface area contributed by atoms with Crippen molar-refractivity contribution in [3.63, 3.8) is 0 Å². The maximum Gasteiger partial charge on any atom is 0.248 e.